The molecule has 1 fully saturated rings. The summed E-state index contributed by atoms with van der Waals surface area (Å²) >= 11 is 0. The lowest BCUT2D eigenvalue weighted by Crippen LogP contribution is -2.46. The zero-order valence-corrected chi connectivity index (χ0v) is 10.5. The zero-order valence-electron chi connectivity index (χ0n) is 10.5. The molecule has 4 heteroatoms. The second-order valence-electron chi connectivity index (χ2n) is 4.65. The average Bonchev–Trinajstić information content (AvgIpc) is 2.42. The molecule has 1 aliphatic heterocycles. The maximum Gasteiger partial charge on any atom is 0.0991 e. The van der Waals surface area contributed by atoms with Crippen molar-refractivity contribution in [1.82, 2.24) is 9.80 Å². The van der Waals surface area contributed by atoms with Crippen molar-refractivity contribution in [2.24, 2.45) is 0 Å². The first-order chi connectivity index (χ1) is 8.81. The van der Waals surface area contributed by atoms with Crippen molar-refractivity contribution in [2.75, 3.05) is 39.3 Å². The highest BCUT2D eigenvalue weighted by Gasteiger charge is 2.16. The lowest BCUT2D eigenvalue weighted by Gasteiger charge is -2.34. The topological polar surface area (TPSA) is 50.5 Å². The summed E-state index contributed by atoms with van der Waals surface area (Å²) in [5.74, 6) is 0. The lowest BCUT2D eigenvalue weighted by atomic mass is 10.1. The molecule has 2 rings (SSSR count). The second kappa shape index (κ2) is 6.50. The van der Waals surface area contributed by atoms with Crippen molar-refractivity contribution in [2.45, 2.75) is 6.54 Å². The van der Waals surface area contributed by atoms with Gasteiger partial charge >= 0.3 is 0 Å². The maximum atomic E-state index is 8.89. The lowest BCUT2D eigenvalue weighted by molar-refractivity contribution is 0.108. The van der Waals surface area contributed by atoms with Crippen LogP contribution in [0.25, 0.3) is 0 Å². The molecule has 0 aromatic heterocycles. The van der Waals surface area contributed by atoms with E-state index in [2.05, 4.69) is 21.9 Å². The predicted molar refractivity (Wildman–Crippen MR) is 70.0 cm³/mol. The first-order valence-electron chi connectivity index (χ1n) is 6.36. The van der Waals surface area contributed by atoms with E-state index in [1.54, 1.807) is 0 Å². The van der Waals surface area contributed by atoms with Crippen LogP contribution in [-0.4, -0.2) is 54.2 Å². The van der Waals surface area contributed by atoms with Crippen LogP contribution in [0.15, 0.2) is 24.3 Å². The molecule has 0 bridgehead atoms. The van der Waals surface area contributed by atoms with E-state index in [0.29, 0.717) is 0 Å². The van der Waals surface area contributed by atoms with Gasteiger partial charge in [0.15, 0.2) is 0 Å². The van der Waals surface area contributed by atoms with E-state index in [1.165, 1.54) is 5.56 Å². The van der Waals surface area contributed by atoms with E-state index in [1.807, 2.05) is 18.2 Å². The van der Waals surface area contributed by atoms with E-state index < -0.39 is 0 Å². The second-order valence-corrected chi connectivity index (χ2v) is 4.65. The minimum atomic E-state index is 0.240. The molecule has 1 N–H and O–H groups in total. The number of piperazine rings is 1. The van der Waals surface area contributed by atoms with Gasteiger partial charge < -0.3 is 5.11 Å². The number of hydrogen-bond acceptors (Lipinski definition) is 4. The normalized spacial score (nSPS) is 17.6. The third-order valence-corrected chi connectivity index (χ3v) is 3.34. The highest BCUT2D eigenvalue weighted by Crippen LogP contribution is 2.10. The van der Waals surface area contributed by atoms with Crippen molar-refractivity contribution in [3.63, 3.8) is 0 Å². The van der Waals surface area contributed by atoms with Gasteiger partial charge in [0.05, 0.1) is 18.2 Å². The van der Waals surface area contributed by atoms with Gasteiger partial charge in [-0.2, -0.15) is 5.26 Å². The summed E-state index contributed by atoms with van der Waals surface area (Å²) in [6.07, 6.45) is 0. The van der Waals surface area contributed by atoms with Crippen LogP contribution in [-0.2, 0) is 6.54 Å². The molecule has 96 valence electrons. The zero-order chi connectivity index (χ0) is 12.8. The number of aliphatic hydroxyl groups excluding tert-OH is 1. The third kappa shape index (κ3) is 3.54. The van der Waals surface area contributed by atoms with Crippen LogP contribution in [0.5, 0.6) is 0 Å². The molecular weight excluding hydrogens is 226 g/mol. The van der Waals surface area contributed by atoms with Gasteiger partial charge in [-0.1, -0.05) is 12.1 Å². The monoisotopic (exact) mass is 245 g/mol. The fourth-order valence-corrected chi connectivity index (χ4v) is 2.31. The molecule has 1 aromatic carbocycles. The number of nitriles is 1. The third-order valence-electron chi connectivity index (χ3n) is 3.34. The number of nitrogens with zero attached hydrogens (tertiary/aromatic N) is 3. The molecule has 1 aromatic rings. The Morgan fingerprint density at radius 3 is 2.56 bits per heavy atom. The SMILES string of the molecule is N#Cc1cccc(CN2CCN(CCO)CC2)c1. The highest BCUT2D eigenvalue weighted by atomic mass is 16.3. The molecule has 18 heavy (non-hydrogen) atoms. The van der Waals surface area contributed by atoms with E-state index in [0.717, 1.165) is 44.8 Å². The minimum absolute atomic E-state index is 0.240. The van der Waals surface area contributed by atoms with Gasteiger partial charge in [0.1, 0.15) is 0 Å². The van der Waals surface area contributed by atoms with Crippen molar-refractivity contribution < 1.29 is 5.11 Å². The molecule has 0 unspecified atom stereocenters. The molecular formula is C14H19N3O. The Bertz CT molecular complexity index is 419. The van der Waals surface area contributed by atoms with Crippen molar-refractivity contribution in [3.05, 3.63) is 35.4 Å². The van der Waals surface area contributed by atoms with Gasteiger partial charge in [-0.05, 0) is 17.7 Å². The number of rotatable bonds is 4. The minimum Gasteiger partial charge on any atom is -0.395 e. The molecule has 1 heterocycles. The van der Waals surface area contributed by atoms with Crippen LogP contribution in [0.2, 0.25) is 0 Å². The van der Waals surface area contributed by atoms with Crippen LogP contribution < -0.4 is 0 Å². The number of hydrogen-bond donors (Lipinski definition) is 1. The number of benzene rings is 1. The molecule has 0 radical (unpaired) electrons. The predicted octanol–water partition coefficient (Wildman–Crippen LogP) is 0.668. The Morgan fingerprint density at radius 1 is 1.17 bits per heavy atom. The maximum absolute atomic E-state index is 8.89. The Morgan fingerprint density at radius 2 is 1.89 bits per heavy atom. The van der Waals surface area contributed by atoms with Gasteiger partial charge in [0.25, 0.3) is 0 Å². The summed E-state index contributed by atoms with van der Waals surface area (Å²) in [7, 11) is 0. The summed E-state index contributed by atoms with van der Waals surface area (Å²) in [6.45, 7) is 6.00. The molecule has 0 spiro atoms. The Labute approximate surface area is 108 Å². The summed E-state index contributed by atoms with van der Waals surface area (Å²) in [6, 6.07) is 9.98. The first kappa shape index (κ1) is 13.0. The van der Waals surface area contributed by atoms with Gasteiger partial charge in [0, 0.05) is 39.3 Å². The smallest absolute Gasteiger partial charge is 0.0991 e. The van der Waals surface area contributed by atoms with E-state index >= 15 is 0 Å². The van der Waals surface area contributed by atoms with E-state index in [-0.39, 0.29) is 6.61 Å². The number of β-amino-alcohol motifs (C(OH)–C–C–N with tert-alkyl or cyclic N) is 1. The quantitative estimate of drug-likeness (QED) is 0.847. The molecule has 0 saturated carbocycles. The fourth-order valence-electron chi connectivity index (χ4n) is 2.31. The van der Waals surface area contributed by atoms with Crippen LogP contribution >= 0.6 is 0 Å². The number of aliphatic hydroxyl groups is 1. The molecule has 1 aliphatic rings. The van der Waals surface area contributed by atoms with Crippen LogP contribution in [0.1, 0.15) is 11.1 Å². The van der Waals surface area contributed by atoms with Crippen molar-refractivity contribution in [1.29, 1.82) is 5.26 Å². The Kier molecular flexibility index (Phi) is 4.71. The molecule has 0 amide bonds. The Hall–Kier alpha value is -1.41. The summed E-state index contributed by atoms with van der Waals surface area (Å²) < 4.78 is 0. The van der Waals surface area contributed by atoms with E-state index in [9.17, 15) is 0 Å². The van der Waals surface area contributed by atoms with Gasteiger partial charge in [-0.15, -0.1) is 0 Å². The average molecular weight is 245 g/mol. The molecule has 0 atom stereocenters. The van der Waals surface area contributed by atoms with Crippen LogP contribution in [0.4, 0.5) is 0 Å². The van der Waals surface area contributed by atoms with Crippen molar-refractivity contribution >= 4 is 0 Å². The summed E-state index contributed by atoms with van der Waals surface area (Å²) in [5, 5.41) is 17.8. The van der Waals surface area contributed by atoms with Gasteiger partial charge in [-0.25, -0.2) is 0 Å². The van der Waals surface area contributed by atoms with E-state index in [4.69, 9.17) is 10.4 Å². The molecule has 1 saturated heterocycles. The van der Waals surface area contributed by atoms with Gasteiger partial charge in [0.2, 0.25) is 0 Å². The largest absolute Gasteiger partial charge is 0.395 e. The van der Waals surface area contributed by atoms with Gasteiger partial charge in [-0.3, -0.25) is 9.80 Å². The fraction of sp³-hybridized carbons (Fsp3) is 0.500. The standard InChI is InChI=1S/C14H19N3O/c15-11-13-2-1-3-14(10-13)12-17-6-4-16(5-7-17)8-9-18/h1-3,10,18H,4-9,12H2. The molecule has 0 aliphatic carbocycles. The van der Waals surface area contributed by atoms with Crippen LogP contribution in [0.3, 0.4) is 0 Å². The molecule has 4 nitrogen and oxygen atoms in total. The summed E-state index contributed by atoms with van der Waals surface area (Å²) in [4.78, 5) is 4.67. The summed E-state index contributed by atoms with van der Waals surface area (Å²) in [5.41, 5.74) is 1.93. The van der Waals surface area contributed by atoms with Crippen molar-refractivity contribution in [3.8, 4) is 6.07 Å². The first-order valence-corrected chi connectivity index (χ1v) is 6.36. The van der Waals surface area contributed by atoms with Crippen LogP contribution in [0, 0.1) is 11.3 Å². The Balaban J connectivity index is 1.86. The highest BCUT2D eigenvalue weighted by molar-refractivity contribution is 5.32.